The summed E-state index contributed by atoms with van der Waals surface area (Å²) in [6.07, 6.45) is 2.70. The molecule has 0 aliphatic carbocycles. The Labute approximate surface area is 220 Å². The van der Waals surface area contributed by atoms with Crippen molar-refractivity contribution in [3.05, 3.63) is 66.3 Å². The van der Waals surface area contributed by atoms with E-state index < -0.39 is 0 Å². The summed E-state index contributed by atoms with van der Waals surface area (Å²) >= 11 is 6.38. The van der Waals surface area contributed by atoms with Crippen LogP contribution < -0.4 is 25.6 Å². The van der Waals surface area contributed by atoms with Crippen molar-refractivity contribution < 1.29 is 14.3 Å². The molecule has 11 heteroatoms. The third-order valence-corrected chi connectivity index (χ3v) is 6.12. The van der Waals surface area contributed by atoms with Gasteiger partial charge in [0, 0.05) is 56.2 Å². The molecule has 3 N–H and O–H groups in total. The second-order valence-corrected chi connectivity index (χ2v) is 8.70. The molecule has 1 aromatic heterocycles. The summed E-state index contributed by atoms with van der Waals surface area (Å²) in [5.41, 5.74) is 2.98. The molecular formula is C26H28ClN7O3. The van der Waals surface area contributed by atoms with E-state index >= 15 is 0 Å². The molecule has 37 heavy (non-hydrogen) atoms. The van der Waals surface area contributed by atoms with Crippen molar-refractivity contribution in [3.63, 3.8) is 0 Å². The summed E-state index contributed by atoms with van der Waals surface area (Å²) in [7, 11) is 1.60. The molecule has 0 atom stereocenters. The highest BCUT2D eigenvalue weighted by Crippen LogP contribution is 2.34. The summed E-state index contributed by atoms with van der Waals surface area (Å²) < 4.78 is 5.63. The maximum Gasteiger partial charge on any atom is 0.247 e. The lowest BCUT2D eigenvalue weighted by Crippen LogP contribution is -2.48. The predicted octanol–water partition coefficient (Wildman–Crippen LogP) is 4.42. The number of nitrogens with one attached hydrogen (secondary N) is 3. The van der Waals surface area contributed by atoms with Crippen LogP contribution in [0.3, 0.4) is 0 Å². The zero-order chi connectivity index (χ0) is 26.4. The number of benzene rings is 2. The molecule has 2 amide bonds. The normalized spacial score (nSPS) is 13.1. The number of aromatic nitrogens is 2. The molecule has 2 aromatic carbocycles. The van der Waals surface area contributed by atoms with Gasteiger partial charge in [-0.1, -0.05) is 24.2 Å². The fraction of sp³-hybridized carbons (Fsp3) is 0.231. The van der Waals surface area contributed by atoms with Crippen LogP contribution in [0.4, 0.5) is 34.5 Å². The van der Waals surface area contributed by atoms with E-state index in [2.05, 4.69) is 37.4 Å². The highest BCUT2D eigenvalue weighted by Gasteiger charge is 2.20. The number of rotatable bonds is 8. The number of amides is 2. The minimum atomic E-state index is -0.301. The third-order valence-electron chi connectivity index (χ3n) is 5.84. The summed E-state index contributed by atoms with van der Waals surface area (Å²) in [5.74, 6) is 1.14. The smallest absolute Gasteiger partial charge is 0.247 e. The van der Waals surface area contributed by atoms with E-state index in [4.69, 9.17) is 16.3 Å². The fourth-order valence-corrected chi connectivity index (χ4v) is 4.04. The van der Waals surface area contributed by atoms with Gasteiger partial charge in [-0.05, 0) is 36.4 Å². The Morgan fingerprint density at radius 3 is 2.54 bits per heavy atom. The van der Waals surface area contributed by atoms with Gasteiger partial charge in [0.1, 0.15) is 10.8 Å². The Bertz CT molecular complexity index is 1310. The number of nitrogens with zero attached hydrogens (tertiary/aromatic N) is 4. The number of piperazine rings is 1. The maximum atomic E-state index is 11.6. The van der Waals surface area contributed by atoms with Crippen LogP contribution in [-0.2, 0) is 9.59 Å². The second-order valence-electron chi connectivity index (χ2n) is 8.29. The topological polar surface area (TPSA) is 112 Å². The van der Waals surface area contributed by atoms with E-state index in [-0.39, 0.29) is 11.8 Å². The SMILES string of the molecule is C=CC(=O)Nc1cccc(Nc2ncc(Cl)c(Nc3ccc(N4CCN(C(C)=O)CC4)cc3OC)n2)c1. The first-order chi connectivity index (χ1) is 17.9. The number of hydrogen-bond acceptors (Lipinski definition) is 8. The molecular weight excluding hydrogens is 494 g/mol. The van der Waals surface area contributed by atoms with E-state index in [0.717, 1.165) is 18.8 Å². The fourth-order valence-electron chi connectivity index (χ4n) is 3.90. The van der Waals surface area contributed by atoms with E-state index in [1.54, 1.807) is 32.2 Å². The van der Waals surface area contributed by atoms with Crippen LogP contribution in [0.2, 0.25) is 5.02 Å². The molecule has 1 aliphatic rings. The Kier molecular flexibility index (Phi) is 8.09. The first kappa shape index (κ1) is 25.8. The summed E-state index contributed by atoms with van der Waals surface area (Å²) in [4.78, 5) is 36.0. The average Bonchev–Trinajstić information content (AvgIpc) is 2.91. The second kappa shape index (κ2) is 11.6. The highest BCUT2D eigenvalue weighted by molar-refractivity contribution is 6.33. The molecule has 192 valence electrons. The van der Waals surface area contributed by atoms with Crippen LogP contribution in [0.1, 0.15) is 6.92 Å². The van der Waals surface area contributed by atoms with Gasteiger partial charge in [0.15, 0.2) is 5.82 Å². The largest absolute Gasteiger partial charge is 0.494 e. The Morgan fingerprint density at radius 1 is 1.08 bits per heavy atom. The van der Waals surface area contributed by atoms with Crippen LogP contribution in [0.5, 0.6) is 5.75 Å². The van der Waals surface area contributed by atoms with Crippen molar-refractivity contribution in [1.82, 2.24) is 14.9 Å². The number of anilines is 6. The number of carbonyl (C=O) groups is 2. The van der Waals surface area contributed by atoms with Gasteiger partial charge in [-0.15, -0.1) is 0 Å². The van der Waals surface area contributed by atoms with Crippen LogP contribution >= 0.6 is 11.6 Å². The lowest BCUT2D eigenvalue weighted by molar-refractivity contribution is -0.129. The molecule has 2 heterocycles. The Hall–Kier alpha value is -4.31. The van der Waals surface area contributed by atoms with Crippen molar-refractivity contribution in [3.8, 4) is 5.75 Å². The van der Waals surface area contributed by atoms with Gasteiger partial charge in [0.25, 0.3) is 0 Å². The monoisotopic (exact) mass is 521 g/mol. The van der Waals surface area contributed by atoms with Gasteiger partial charge in [-0.2, -0.15) is 4.98 Å². The molecule has 1 fully saturated rings. The Morgan fingerprint density at radius 2 is 1.84 bits per heavy atom. The van der Waals surface area contributed by atoms with Gasteiger partial charge in [-0.3, -0.25) is 9.59 Å². The zero-order valence-electron chi connectivity index (χ0n) is 20.6. The summed E-state index contributed by atoms with van der Waals surface area (Å²) in [6, 6.07) is 13.0. The van der Waals surface area contributed by atoms with Crippen molar-refractivity contribution in [2.24, 2.45) is 0 Å². The predicted molar refractivity (Wildman–Crippen MR) is 146 cm³/mol. The molecule has 3 aromatic rings. The van der Waals surface area contributed by atoms with Gasteiger partial charge >= 0.3 is 0 Å². The molecule has 0 bridgehead atoms. The van der Waals surface area contributed by atoms with E-state index in [1.807, 2.05) is 29.2 Å². The Balaban J connectivity index is 1.49. The molecule has 10 nitrogen and oxygen atoms in total. The summed E-state index contributed by atoms with van der Waals surface area (Å²) in [5, 5.41) is 9.39. The lowest BCUT2D eigenvalue weighted by atomic mass is 10.2. The van der Waals surface area contributed by atoms with Crippen LogP contribution in [0, 0.1) is 0 Å². The number of carbonyl (C=O) groups excluding carboxylic acids is 2. The standard InChI is InChI=1S/C26H28ClN7O3/c1-4-24(36)29-18-6-5-7-19(14-18)30-26-28-16-21(27)25(32-26)31-22-9-8-20(15-23(22)37-3)34-12-10-33(11-13-34)17(2)35/h4-9,14-16H,1,10-13H2,2-3H3,(H,29,36)(H2,28,30,31,32). The van der Waals surface area contributed by atoms with Gasteiger partial charge < -0.3 is 30.5 Å². The van der Waals surface area contributed by atoms with E-state index in [9.17, 15) is 9.59 Å². The first-order valence-electron chi connectivity index (χ1n) is 11.6. The molecule has 0 saturated carbocycles. The molecule has 1 aliphatic heterocycles. The maximum absolute atomic E-state index is 11.6. The number of halogens is 1. The van der Waals surface area contributed by atoms with Gasteiger partial charge in [-0.25, -0.2) is 4.98 Å². The molecule has 0 spiro atoms. The van der Waals surface area contributed by atoms with E-state index in [1.165, 1.54) is 12.3 Å². The number of ether oxygens (including phenoxy) is 1. The highest BCUT2D eigenvalue weighted by atomic mass is 35.5. The zero-order valence-corrected chi connectivity index (χ0v) is 21.4. The van der Waals surface area contributed by atoms with Crippen LogP contribution in [0.15, 0.2) is 61.3 Å². The van der Waals surface area contributed by atoms with Crippen molar-refractivity contribution in [1.29, 1.82) is 0 Å². The minimum Gasteiger partial charge on any atom is -0.494 e. The average molecular weight is 522 g/mol. The van der Waals surface area contributed by atoms with Crippen LogP contribution in [0.25, 0.3) is 0 Å². The lowest BCUT2D eigenvalue weighted by Gasteiger charge is -2.35. The summed E-state index contributed by atoms with van der Waals surface area (Å²) in [6.45, 7) is 7.93. The van der Waals surface area contributed by atoms with Crippen molar-refractivity contribution in [2.75, 3.05) is 54.1 Å². The van der Waals surface area contributed by atoms with Crippen LogP contribution in [-0.4, -0.2) is 60.0 Å². The molecule has 4 rings (SSSR count). The molecule has 0 unspecified atom stereocenters. The van der Waals surface area contributed by atoms with Gasteiger partial charge in [0.2, 0.25) is 17.8 Å². The van der Waals surface area contributed by atoms with E-state index in [0.29, 0.717) is 52.7 Å². The van der Waals surface area contributed by atoms with Crippen molar-refractivity contribution in [2.45, 2.75) is 6.92 Å². The number of hydrogen-bond donors (Lipinski definition) is 3. The number of methoxy groups -OCH3 is 1. The quantitative estimate of drug-likeness (QED) is 0.373. The third kappa shape index (κ3) is 6.47. The van der Waals surface area contributed by atoms with Gasteiger partial charge in [0.05, 0.1) is 19.0 Å². The molecule has 1 saturated heterocycles. The molecule has 0 radical (unpaired) electrons. The van der Waals surface area contributed by atoms with Crippen molar-refractivity contribution >= 4 is 57.9 Å². The minimum absolute atomic E-state index is 0.0968. The first-order valence-corrected chi connectivity index (χ1v) is 12.0.